The number of aromatic carboxylic acids is 1. The number of hydrogen-bond donors (Lipinski definition) is 1. The minimum Gasteiger partial charge on any atom is -0.477 e. The van der Waals surface area contributed by atoms with Crippen LogP contribution in [0.25, 0.3) is 11.1 Å². The molecule has 1 aliphatic carbocycles. The number of benzene rings is 1. The molecule has 1 saturated heterocycles. The molecule has 0 bridgehead atoms. The van der Waals surface area contributed by atoms with E-state index in [0.29, 0.717) is 0 Å². The van der Waals surface area contributed by atoms with Gasteiger partial charge in [0.1, 0.15) is 5.56 Å². The number of ether oxygens (including phenoxy) is 1. The molecule has 1 N–H and O–H groups in total. The van der Waals surface area contributed by atoms with Crippen LogP contribution in [0.2, 0.25) is 0 Å². The molecule has 1 unspecified atom stereocenters. The van der Waals surface area contributed by atoms with E-state index in [-0.39, 0.29) is 23.1 Å². The smallest absolute Gasteiger partial charge is 0.341 e. The van der Waals surface area contributed by atoms with Gasteiger partial charge in [0.25, 0.3) is 0 Å². The zero-order valence-electron chi connectivity index (χ0n) is 17.7. The summed E-state index contributed by atoms with van der Waals surface area (Å²) in [5.41, 5.74) is 6.43. The summed E-state index contributed by atoms with van der Waals surface area (Å²) >= 11 is 0. The van der Waals surface area contributed by atoms with E-state index in [2.05, 4.69) is 39.0 Å². The van der Waals surface area contributed by atoms with E-state index in [4.69, 9.17) is 4.74 Å². The number of pyridine rings is 1. The number of aromatic nitrogens is 1. The predicted octanol–water partition coefficient (Wildman–Crippen LogP) is 4.86. The molecule has 2 aliphatic heterocycles. The van der Waals surface area contributed by atoms with Crippen molar-refractivity contribution in [3.8, 4) is 0 Å². The molecule has 5 heteroatoms. The molecule has 156 valence electrons. The topological polar surface area (TPSA) is 68.5 Å². The van der Waals surface area contributed by atoms with Crippen molar-refractivity contribution < 1.29 is 14.6 Å². The molecule has 5 nitrogen and oxygen atoms in total. The number of rotatable bonds is 2. The van der Waals surface area contributed by atoms with Crippen molar-refractivity contribution in [3.63, 3.8) is 0 Å². The van der Waals surface area contributed by atoms with Crippen LogP contribution in [0.3, 0.4) is 0 Å². The first-order chi connectivity index (χ1) is 14.2. The van der Waals surface area contributed by atoms with Gasteiger partial charge in [-0.05, 0) is 52.5 Å². The number of nitrogens with zero attached hydrogens (tertiary/aromatic N) is 1. The Morgan fingerprint density at radius 1 is 1.20 bits per heavy atom. The standard InChI is InChI=1S/C25H27NO4/c1-25(2,3)23-11-17-16-7-6-14(22-5-4-8-30-22)9-15(16)10-18(17)20-12-21(27)19(24(28)29)13-26(20)23/h6-7,9,12-13,22-23H,4-5,8,10-11H2,1-3H3,(H,28,29)/t22?,23-/m0/s1. The van der Waals surface area contributed by atoms with Crippen LogP contribution < -0.4 is 5.43 Å². The molecule has 0 spiro atoms. The molecule has 3 heterocycles. The largest absolute Gasteiger partial charge is 0.477 e. The predicted molar refractivity (Wildman–Crippen MR) is 116 cm³/mol. The second-order valence-corrected chi connectivity index (χ2v) is 9.79. The molecule has 1 fully saturated rings. The van der Waals surface area contributed by atoms with Crippen LogP contribution >= 0.6 is 0 Å². The number of fused-ring (bicyclic) bond motifs is 4. The van der Waals surface area contributed by atoms with Gasteiger partial charge in [-0.3, -0.25) is 4.79 Å². The van der Waals surface area contributed by atoms with Crippen molar-refractivity contribution in [2.24, 2.45) is 5.41 Å². The van der Waals surface area contributed by atoms with E-state index in [1.807, 2.05) is 4.57 Å². The van der Waals surface area contributed by atoms with Gasteiger partial charge in [-0.15, -0.1) is 0 Å². The van der Waals surface area contributed by atoms with Gasteiger partial charge in [0.2, 0.25) is 0 Å². The van der Waals surface area contributed by atoms with Crippen LogP contribution in [-0.4, -0.2) is 22.2 Å². The van der Waals surface area contributed by atoms with Crippen LogP contribution in [0.1, 0.15) is 84.9 Å². The van der Waals surface area contributed by atoms with E-state index in [1.165, 1.54) is 28.3 Å². The molecule has 5 rings (SSSR count). The quantitative estimate of drug-likeness (QED) is 0.775. The normalized spacial score (nSPS) is 22.6. The van der Waals surface area contributed by atoms with Gasteiger partial charge in [0, 0.05) is 37.0 Å². The maximum Gasteiger partial charge on any atom is 0.341 e. The molecule has 2 atom stereocenters. The highest BCUT2D eigenvalue weighted by Gasteiger charge is 2.38. The molecular weight excluding hydrogens is 378 g/mol. The van der Waals surface area contributed by atoms with Crippen LogP contribution in [0.5, 0.6) is 0 Å². The fourth-order valence-electron chi connectivity index (χ4n) is 5.26. The number of allylic oxidation sites excluding steroid dienone is 2. The molecule has 0 amide bonds. The fourth-order valence-corrected chi connectivity index (χ4v) is 5.26. The molecule has 0 saturated carbocycles. The van der Waals surface area contributed by atoms with Gasteiger partial charge in [-0.25, -0.2) is 4.79 Å². The Hall–Kier alpha value is -2.66. The van der Waals surface area contributed by atoms with Crippen molar-refractivity contribution in [3.05, 3.63) is 68.6 Å². The van der Waals surface area contributed by atoms with Crippen LogP contribution in [0, 0.1) is 5.41 Å². The third kappa shape index (κ3) is 2.95. The van der Waals surface area contributed by atoms with Crippen molar-refractivity contribution in [1.82, 2.24) is 4.57 Å². The maximum absolute atomic E-state index is 12.5. The van der Waals surface area contributed by atoms with E-state index >= 15 is 0 Å². The summed E-state index contributed by atoms with van der Waals surface area (Å²) in [6.45, 7) is 7.33. The lowest BCUT2D eigenvalue weighted by Crippen LogP contribution is -2.32. The van der Waals surface area contributed by atoms with Gasteiger partial charge >= 0.3 is 5.97 Å². The molecule has 3 aliphatic rings. The van der Waals surface area contributed by atoms with Gasteiger partial charge in [0.15, 0.2) is 5.43 Å². The third-order valence-electron chi connectivity index (χ3n) is 6.84. The highest BCUT2D eigenvalue weighted by atomic mass is 16.5. The fraction of sp³-hybridized carbons (Fsp3) is 0.440. The third-order valence-corrected chi connectivity index (χ3v) is 6.84. The Morgan fingerprint density at radius 3 is 2.67 bits per heavy atom. The molecule has 30 heavy (non-hydrogen) atoms. The summed E-state index contributed by atoms with van der Waals surface area (Å²) in [5.74, 6) is -1.17. The molecule has 1 aromatic heterocycles. The Kier molecular flexibility index (Phi) is 4.30. The van der Waals surface area contributed by atoms with E-state index < -0.39 is 11.4 Å². The SMILES string of the molecule is CC(C)(C)[C@@H]1CC2=C(Cc3cc(C4CCCO4)ccc32)c2cc(=O)c(C(=O)O)cn21. The Morgan fingerprint density at radius 2 is 2.00 bits per heavy atom. The van der Waals surface area contributed by atoms with Crippen molar-refractivity contribution >= 4 is 17.1 Å². The first-order valence-electron chi connectivity index (χ1n) is 10.7. The van der Waals surface area contributed by atoms with E-state index in [0.717, 1.165) is 43.6 Å². The lowest BCUT2D eigenvalue weighted by Gasteiger charge is -2.39. The van der Waals surface area contributed by atoms with Crippen molar-refractivity contribution in [1.29, 1.82) is 0 Å². The van der Waals surface area contributed by atoms with Crippen LogP contribution in [0.15, 0.2) is 35.3 Å². The first-order valence-corrected chi connectivity index (χ1v) is 10.7. The second-order valence-electron chi connectivity index (χ2n) is 9.79. The molecule has 2 aromatic rings. The second kappa shape index (κ2) is 6.67. The van der Waals surface area contributed by atoms with Gasteiger partial charge in [0.05, 0.1) is 6.10 Å². The van der Waals surface area contributed by atoms with Crippen LogP contribution in [0.4, 0.5) is 0 Å². The lowest BCUT2D eigenvalue weighted by atomic mass is 9.78. The number of carbonyl (C=O) groups is 1. The Labute approximate surface area is 176 Å². The van der Waals surface area contributed by atoms with E-state index in [1.54, 1.807) is 6.20 Å². The number of hydrogen-bond acceptors (Lipinski definition) is 3. The molecule has 1 aromatic carbocycles. The summed E-state index contributed by atoms with van der Waals surface area (Å²) < 4.78 is 7.91. The minimum atomic E-state index is -1.17. The van der Waals surface area contributed by atoms with Gasteiger partial charge in [-0.1, -0.05) is 39.0 Å². The molecule has 0 radical (unpaired) electrons. The summed E-state index contributed by atoms with van der Waals surface area (Å²) in [6.07, 6.45) is 5.51. The highest BCUT2D eigenvalue weighted by molar-refractivity contribution is 5.98. The average molecular weight is 405 g/mol. The van der Waals surface area contributed by atoms with Gasteiger partial charge in [-0.2, -0.15) is 0 Å². The number of carboxylic acids is 1. The first kappa shape index (κ1) is 19.3. The summed E-state index contributed by atoms with van der Waals surface area (Å²) in [6, 6.07) is 8.28. The van der Waals surface area contributed by atoms with Gasteiger partial charge < -0.3 is 14.4 Å². The Bertz CT molecular complexity index is 1140. The summed E-state index contributed by atoms with van der Waals surface area (Å²) in [5, 5.41) is 9.48. The summed E-state index contributed by atoms with van der Waals surface area (Å²) in [7, 11) is 0. The summed E-state index contributed by atoms with van der Waals surface area (Å²) in [4.78, 5) is 24.1. The average Bonchev–Trinajstić information content (AvgIpc) is 3.33. The zero-order chi connectivity index (χ0) is 21.2. The minimum absolute atomic E-state index is 0.0775. The monoisotopic (exact) mass is 405 g/mol. The Balaban J connectivity index is 1.64. The molecular formula is C25H27NO4. The van der Waals surface area contributed by atoms with Crippen molar-refractivity contribution in [2.45, 2.75) is 58.6 Å². The van der Waals surface area contributed by atoms with Crippen molar-refractivity contribution in [2.75, 3.05) is 6.61 Å². The van der Waals surface area contributed by atoms with E-state index in [9.17, 15) is 14.7 Å². The maximum atomic E-state index is 12.5. The lowest BCUT2D eigenvalue weighted by molar-refractivity contribution is 0.0693. The van der Waals surface area contributed by atoms with Crippen LogP contribution in [-0.2, 0) is 11.2 Å². The number of carboxylic acid groups (broad SMARTS) is 1. The zero-order valence-corrected chi connectivity index (χ0v) is 17.7. The highest BCUT2D eigenvalue weighted by Crippen LogP contribution is 2.50.